The van der Waals surface area contributed by atoms with Gasteiger partial charge >= 0.3 is 24.1 Å². The maximum atomic E-state index is 13.7. The van der Waals surface area contributed by atoms with Crippen LogP contribution in [0.5, 0.6) is 5.75 Å². The van der Waals surface area contributed by atoms with Crippen LogP contribution < -0.4 is 16.0 Å². The average Bonchev–Trinajstić information content (AvgIpc) is 3.30. The third-order valence-corrected chi connectivity index (χ3v) is 7.81. The number of aryl methyl sites for hydroxylation is 1. The van der Waals surface area contributed by atoms with Crippen molar-refractivity contribution in [1.29, 1.82) is 0 Å². The highest BCUT2D eigenvalue weighted by atomic mass is 19.4. The average molecular weight is 588 g/mol. The number of carbonyl (C=O) groups is 3. The Balaban J connectivity index is 1.65. The first-order valence-electron chi connectivity index (χ1n) is 13.4. The van der Waals surface area contributed by atoms with Crippen LogP contribution in [-0.4, -0.2) is 39.7 Å². The predicted octanol–water partition coefficient (Wildman–Crippen LogP) is 3.64. The summed E-state index contributed by atoms with van der Waals surface area (Å²) in [5.41, 5.74) is 5.30. The first kappa shape index (κ1) is 29.2. The number of nitrogens with zero attached hydrogens (tertiary/aromatic N) is 2. The number of hydrogen-bond donors (Lipinski definition) is 1. The summed E-state index contributed by atoms with van der Waals surface area (Å²) in [6.07, 6.45) is -5.26. The Morgan fingerprint density at radius 2 is 1.88 bits per heavy atom. The van der Waals surface area contributed by atoms with Gasteiger partial charge in [-0.3, -0.25) is 4.79 Å². The van der Waals surface area contributed by atoms with E-state index in [9.17, 15) is 32.3 Å². The molecule has 0 radical (unpaired) electrons. The molecule has 3 aromatic rings. The summed E-state index contributed by atoms with van der Waals surface area (Å²) in [6, 6.07) is 5.47. The minimum Gasteiger partial charge on any atom is -0.457 e. The van der Waals surface area contributed by atoms with Crippen molar-refractivity contribution in [3.05, 3.63) is 56.9 Å². The van der Waals surface area contributed by atoms with E-state index in [1.165, 1.54) is 17.6 Å². The lowest BCUT2D eigenvalue weighted by molar-refractivity contribution is -0.223. The van der Waals surface area contributed by atoms with Crippen LogP contribution >= 0.6 is 0 Å². The Morgan fingerprint density at radius 1 is 1.17 bits per heavy atom. The van der Waals surface area contributed by atoms with Crippen LogP contribution in [0.2, 0.25) is 0 Å². The van der Waals surface area contributed by atoms with Gasteiger partial charge < -0.3 is 24.5 Å². The Morgan fingerprint density at radius 3 is 2.50 bits per heavy atom. The van der Waals surface area contributed by atoms with Crippen molar-refractivity contribution in [3.63, 3.8) is 0 Å². The van der Waals surface area contributed by atoms with Crippen LogP contribution in [-0.2, 0) is 49.0 Å². The van der Waals surface area contributed by atoms with Crippen LogP contribution in [0.25, 0.3) is 22.3 Å². The SMILES string of the molecule is CCc1c2c(nc3ccc(OC(=O)[C@@H](N)C(C)C)cc13)-c1cc3c(c(=O)n1C2)COC(=O)[C@@]3(CC)OC(=O)C(F)(F)F. The molecule has 0 spiro atoms. The van der Waals surface area contributed by atoms with Crippen LogP contribution in [0.4, 0.5) is 13.2 Å². The Bertz CT molecular complexity index is 1710. The zero-order valence-electron chi connectivity index (χ0n) is 23.3. The highest BCUT2D eigenvalue weighted by molar-refractivity contribution is 5.91. The summed E-state index contributed by atoms with van der Waals surface area (Å²) in [4.78, 5) is 55.6. The molecule has 2 atom stereocenters. The number of benzene rings is 1. The number of fused-ring (bicyclic) bond motifs is 5. The molecule has 2 aromatic heterocycles. The number of cyclic esters (lactones) is 1. The molecule has 1 aromatic carbocycles. The summed E-state index contributed by atoms with van der Waals surface area (Å²) in [7, 11) is 0. The number of aromatic nitrogens is 2. The van der Waals surface area contributed by atoms with E-state index in [4.69, 9.17) is 24.9 Å². The number of halogens is 3. The molecule has 2 aliphatic heterocycles. The van der Waals surface area contributed by atoms with Gasteiger partial charge in [0.05, 0.1) is 29.0 Å². The Kier molecular flexibility index (Phi) is 7.12. The minimum atomic E-state index is -5.37. The quantitative estimate of drug-likeness (QED) is 0.265. The molecule has 2 N–H and O–H groups in total. The van der Waals surface area contributed by atoms with E-state index >= 15 is 0 Å². The molecule has 222 valence electrons. The third-order valence-electron chi connectivity index (χ3n) is 7.81. The van der Waals surface area contributed by atoms with Crippen molar-refractivity contribution in [1.82, 2.24) is 9.55 Å². The number of pyridine rings is 2. The molecule has 0 bridgehead atoms. The molecule has 0 unspecified atom stereocenters. The van der Waals surface area contributed by atoms with Crippen LogP contribution in [0, 0.1) is 5.92 Å². The van der Waals surface area contributed by atoms with Gasteiger partial charge in [-0.2, -0.15) is 13.2 Å². The van der Waals surface area contributed by atoms with Gasteiger partial charge in [0.2, 0.25) is 5.60 Å². The fourth-order valence-corrected chi connectivity index (χ4v) is 5.44. The number of hydrogen-bond acceptors (Lipinski definition) is 9. The van der Waals surface area contributed by atoms with Crippen molar-refractivity contribution >= 4 is 28.8 Å². The summed E-state index contributed by atoms with van der Waals surface area (Å²) in [5.74, 6) is -4.20. The highest BCUT2D eigenvalue weighted by Crippen LogP contribution is 2.43. The monoisotopic (exact) mass is 587 g/mol. The van der Waals surface area contributed by atoms with Crippen molar-refractivity contribution in [2.24, 2.45) is 11.7 Å². The second-order valence-electron chi connectivity index (χ2n) is 10.6. The summed E-state index contributed by atoms with van der Waals surface area (Å²) < 4.78 is 56.3. The molecular weight excluding hydrogens is 559 g/mol. The van der Waals surface area contributed by atoms with Crippen molar-refractivity contribution in [2.45, 2.75) is 71.5 Å². The van der Waals surface area contributed by atoms with Crippen LogP contribution in [0.15, 0.2) is 29.1 Å². The molecule has 42 heavy (non-hydrogen) atoms. The fraction of sp³-hybridized carbons (Fsp3) is 0.414. The lowest BCUT2D eigenvalue weighted by atomic mass is 9.85. The molecule has 0 fully saturated rings. The van der Waals surface area contributed by atoms with E-state index in [1.54, 1.807) is 32.0 Å². The van der Waals surface area contributed by atoms with Gasteiger partial charge in [0.15, 0.2) is 0 Å². The molecule has 0 aliphatic carbocycles. The summed E-state index contributed by atoms with van der Waals surface area (Å²) >= 11 is 0. The normalized spacial score (nSPS) is 18.3. The standard InChI is InChI=1S/C29H28F3N3O7/c1-5-15-16-9-14(41-25(37)22(33)13(3)4)7-8-20(16)34-23-17(15)11-35-21(23)10-19-18(24(35)36)12-40-26(38)28(19,6-2)42-27(39)29(30,31)32/h7-10,13,22H,5-6,11-12,33H2,1-4H3/t22-,28-/m0/s1. The van der Waals surface area contributed by atoms with Crippen LogP contribution in [0.3, 0.4) is 0 Å². The lowest BCUT2D eigenvalue weighted by Gasteiger charge is -2.35. The van der Waals surface area contributed by atoms with Gasteiger partial charge in [-0.05, 0) is 48.6 Å². The van der Waals surface area contributed by atoms with E-state index < -0.39 is 54.3 Å². The molecule has 10 nitrogen and oxygen atoms in total. The van der Waals surface area contributed by atoms with E-state index in [0.29, 0.717) is 28.6 Å². The smallest absolute Gasteiger partial charge is 0.457 e. The zero-order valence-corrected chi connectivity index (χ0v) is 23.3. The Labute approximate surface area is 237 Å². The zero-order chi connectivity index (χ0) is 30.7. The second-order valence-corrected chi connectivity index (χ2v) is 10.6. The van der Waals surface area contributed by atoms with Gasteiger partial charge in [0, 0.05) is 16.5 Å². The lowest BCUT2D eigenvalue weighted by Crippen LogP contribution is -2.49. The number of ether oxygens (including phenoxy) is 3. The first-order valence-corrected chi connectivity index (χ1v) is 13.4. The Hall–Kier alpha value is -4.26. The molecule has 0 saturated heterocycles. The maximum Gasteiger partial charge on any atom is 0.490 e. The number of esters is 3. The van der Waals surface area contributed by atoms with Crippen molar-refractivity contribution in [3.8, 4) is 17.1 Å². The number of alkyl halides is 3. The van der Waals surface area contributed by atoms with Gasteiger partial charge in [0.1, 0.15) is 18.4 Å². The second kappa shape index (κ2) is 10.2. The molecule has 4 heterocycles. The topological polar surface area (TPSA) is 140 Å². The van der Waals surface area contributed by atoms with E-state index in [-0.39, 0.29) is 35.0 Å². The van der Waals surface area contributed by atoms with Crippen molar-refractivity contribution < 1.29 is 41.8 Å². The molecular formula is C29H28F3N3O7. The number of carbonyl (C=O) groups excluding carboxylic acids is 3. The molecule has 0 amide bonds. The summed E-state index contributed by atoms with van der Waals surface area (Å²) in [5, 5.41) is 0.686. The fourth-order valence-electron chi connectivity index (χ4n) is 5.44. The predicted molar refractivity (Wildman–Crippen MR) is 142 cm³/mol. The van der Waals surface area contributed by atoms with E-state index in [0.717, 1.165) is 5.56 Å². The number of nitrogens with two attached hydrogens (primary N) is 1. The van der Waals surface area contributed by atoms with Gasteiger partial charge in [-0.15, -0.1) is 0 Å². The molecule has 13 heteroatoms. The van der Waals surface area contributed by atoms with Gasteiger partial charge in [0.25, 0.3) is 5.56 Å². The highest BCUT2D eigenvalue weighted by Gasteiger charge is 2.54. The van der Waals surface area contributed by atoms with Gasteiger partial charge in [-0.1, -0.05) is 27.7 Å². The van der Waals surface area contributed by atoms with E-state index in [1.807, 2.05) is 6.92 Å². The molecule has 5 rings (SSSR count). The molecule has 2 aliphatic rings. The minimum absolute atomic E-state index is 0.0822. The third kappa shape index (κ3) is 4.52. The summed E-state index contributed by atoms with van der Waals surface area (Å²) in [6.45, 7) is 6.49. The number of rotatable bonds is 6. The molecule has 0 saturated carbocycles. The first-order chi connectivity index (χ1) is 19.7. The van der Waals surface area contributed by atoms with Gasteiger partial charge in [-0.25, -0.2) is 19.4 Å². The maximum absolute atomic E-state index is 13.7. The largest absolute Gasteiger partial charge is 0.490 e. The van der Waals surface area contributed by atoms with Crippen LogP contribution in [0.1, 0.15) is 56.4 Å². The van der Waals surface area contributed by atoms with E-state index in [2.05, 4.69) is 0 Å². The van der Waals surface area contributed by atoms with Crippen molar-refractivity contribution in [2.75, 3.05) is 0 Å².